The van der Waals surface area contributed by atoms with Crippen LogP contribution in [0.15, 0.2) is 30.3 Å². The van der Waals surface area contributed by atoms with Crippen molar-refractivity contribution in [2.75, 3.05) is 5.32 Å². The first-order valence-corrected chi connectivity index (χ1v) is 8.12. The quantitative estimate of drug-likeness (QED) is 0.808. The molecule has 4 nitrogen and oxygen atoms in total. The van der Waals surface area contributed by atoms with Gasteiger partial charge in [-0.1, -0.05) is 35.4 Å². The summed E-state index contributed by atoms with van der Waals surface area (Å²) < 4.78 is 18.8. The maximum absolute atomic E-state index is 13.8. The van der Waals surface area contributed by atoms with Crippen molar-refractivity contribution in [1.29, 1.82) is 0 Å². The summed E-state index contributed by atoms with van der Waals surface area (Å²) in [5.74, 6) is -2.28. The SMILES string of the molecule is Cc1cc(C)c(NC(=O)[C@H](C)OC(=O)c2c(F)cccc2Cl)c(C)c1. The highest BCUT2D eigenvalue weighted by Crippen LogP contribution is 2.23. The van der Waals surface area contributed by atoms with E-state index in [0.29, 0.717) is 5.69 Å². The van der Waals surface area contributed by atoms with Crippen LogP contribution < -0.4 is 5.32 Å². The van der Waals surface area contributed by atoms with Crippen LogP contribution in [0.25, 0.3) is 0 Å². The van der Waals surface area contributed by atoms with Crippen molar-refractivity contribution in [3.8, 4) is 0 Å². The summed E-state index contributed by atoms with van der Waals surface area (Å²) in [6, 6.07) is 7.75. The molecule has 0 aliphatic heterocycles. The van der Waals surface area contributed by atoms with Gasteiger partial charge in [0.1, 0.15) is 11.4 Å². The lowest BCUT2D eigenvalue weighted by Gasteiger charge is -2.17. The molecule has 0 unspecified atom stereocenters. The molecule has 0 radical (unpaired) electrons. The molecule has 0 bridgehead atoms. The molecule has 6 heteroatoms. The van der Waals surface area contributed by atoms with Gasteiger partial charge in [-0.05, 0) is 51.0 Å². The molecule has 0 heterocycles. The average molecular weight is 364 g/mol. The van der Waals surface area contributed by atoms with E-state index in [9.17, 15) is 14.0 Å². The summed E-state index contributed by atoms with van der Waals surface area (Å²) in [4.78, 5) is 24.4. The Balaban J connectivity index is 2.12. The van der Waals surface area contributed by atoms with E-state index in [1.807, 2.05) is 32.9 Å². The standard InChI is InChI=1S/C19H19ClFNO3/c1-10-8-11(2)17(12(3)9-10)22-18(23)13(4)25-19(24)16-14(20)6-5-7-15(16)21/h5-9,13H,1-4H3,(H,22,23)/t13-/m0/s1. The zero-order chi connectivity index (χ0) is 18.7. The number of carbonyl (C=O) groups excluding carboxylic acids is 2. The average Bonchev–Trinajstić information content (AvgIpc) is 2.50. The van der Waals surface area contributed by atoms with Crippen LogP contribution in [0, 0.1) is 26.6 Å². The second-order valence-corrected chi connectivity index (χ2v) is 6.31. The van der Waals surface area contributed by atoms with Crippen LogP contribution in [0.1, 0.15) is 34.0 Å². The van der Waals surface area contributed by atoms with Gasteiger partial charge in [0.05, 0.1) is 5.02 Å². The third-order valence-electron chi connectivity index (χ3n) is 3.75. The van der Waals surface area contributed by atoms with Crippen molar-refractivity contribution in [3.05, 3.63) is 63.4 Å². The zero-order valence-corrected chi connectivity index (χ0v) is 15.2. The molecule has 1 N–H and O–H groups in total. The molecule has 0 aromatic heterocycles. The molecule has 0 fully saturated rings. The van der Waals surface area contributed by atoms with Crippen molar-refractivity contribution >= 4 is 29.2 Å². The summed E-state index contributed by atoms with van der Waals surface area (Å²) in [6.07, 6.45) is -1.11. The van der Waals surface area contributed by atoms with E-state index in [2.05, 4.69) is 5.32 Å². The lowest BCUT2D eigenvalue weighted by Crippen LogP contribution is -2.30. The summed E-state index contributed by atoms with van der Waals surface area (Å²) in [5, 5.41) is 2.68. The first-order chi connectivity index (χ1) is 11.7. The molecule has 0 spiro atoms. The number of ether oxygens (including phenoxy) is 1. The summed E-state index contributed by atoms with van der Waals surface area (Å²) >= 11 is 5.83. The third-order valence-corrected chi connectivity index (χ3v) is 4.06. The lowest BCUT2D eigenvalue weighted by atomic mass is 10.0. The zero-order valence-electron chi connectivity index (χ0n) is 14.4. The second-order valence-electron chi connectivity index (χ2n) is 5.91. The number of nitrogens with one attached hydrogen (secondary N) is 1. The molecule has 0 saturated carbocycles. The van der Waals surface area contributed by atoms with E-state index in [0.717, 1.165) is 22.8 Å². The highest BCUT2D eigenvalue weighted by atomic mass is 35.5. The van der Waals surface area contributed by atoms with Gasteiger partial charge in [-0.2, -0.15) is 0 Å². The van der Waals surface area contributed by atoms with E-state index in [-0.39, 0.29) is 10.6 Å². The lowest BCUT2D eigenvalue weighted by molar-refractivity contribution is -0.123. The minimum Gasteiger partial charge on any atom is -0.449 e. The maximum Gasteiger partial charge on any atom is 0.343 e. The molecule has 2 aromatic carbocycles. The first kappa shape index (κ1) is 18.9. The maximum atomic E-state index is 13.8. The monoisotopic (exact) mass is 363 g/mol. The Hall–Kier alpha value is -2.40. The predicted octanol–water partition coefficient (Wildman–Crippen LogP) is 4.59. The van der Waals surface area contributed by atoms with Crippen LogP contribution in [-0.2, 0) is 9.53 Å². The van der Waals surface area contributed by atoms with E-state index in [1.165, 1.54) is 19.1 Å². The van der Waals surface area contributed by atoms with Gasteiger partial charge in [-0.3, -0.25) is 4.79 Å². The van der Waals surface area contributed by atoms with Crippen LogP contribution in [-0.4, -0.2) is 18.0 Å². The van der Waals surface area contributed by atoms with Crippen molar-refractivity contribution in [1.82, 2.24) is 0 Å². The Morgan fingerprint density at radius 1 is 1.16 bits per heavy atom. The van der Waals surface area contributed by atoms with Crippen LogP contribution in [0.4, 0.5) is 10.1 Å². The smallest absolute Gasteiger partial charge is 0.343 e. The van der Waals surface area contributed by atoms with Gasteiger partial charge in [0.2, 0.25) is 0 Å². The molecule has 1 amide bonds. The number of carbonyl (C=O) groups is 2. The fourth-order valence-corrected chi connectivity index (χ4v) is 2.81. The topological polar surface area (TPSA) is 55.4 Å². The number of amides is 1. The van der Waals surface area contributed by atoms with Crippen molar-refractivity contribution in [2.24, 2.45) is 0 Å². The molecule has 0 saturated heterocycles. The Morgan fingerprint density at radius 2 is 1.76 bits per heavy atom. The minimum atomic E-state index is -1.11. The van der Waals surface area contributed by atoms with Crippen LogP contribution in [0.2, 0.25) is 5.02 Å². The minimum absolute atomic E-state index is 0.0668. The van der Waals surface area contributed by atoms with Gasteiger partial charge in [0.25, 0.3) is 5.91 Å². The summed E-state index contributed by atoms with van der Waals surface area (Å²) in [5.41, 5.74) is 3.18. The number of rotatable bonds is 4. The number of hydrogen-bond acceptors (Lipinski definition) is 3. The van der Waals surface area contributed by atoms with E-state index >= 15 is 0 Å². The molecule has 25 heavy (non-hydrogen) atoms. The number of aryl methyl sites for hydroxylation is 3. The van der Waals surface area contributed by atoms with Gasteiger partial charge >= 0.3 is 5.97 Å². The third kappa shape index (κ3) is 4.37. The molecule has 2 aromatic rings. The molecular formula is C19H19ClFNO3. The van der Waals surface area contributed by atoms with E-state index in [4.69, 9.17) is 16.3 Å². The van der Waals surface area contributed by atoms with E-state index < -0.39 is 23.8 Å². The largest absolute Gasteiger partial charge is 0.449 e. The summed E-state index contributed by atoms with van der Waals surface area (Å²) in [7, 11) is 0. The van der Waals surface area contributed by atoms with Crippen LogP contribution in [0.5, 0.6) is 0 Å². The number of anilines is 1. The molecule has 0 aliphatic carbocycles. The van der Waals surface area contributed by atoms with Crippen molar-refractivity contribution in [3.63, 3.8) is 0 Å². The van der Waals surface area contributed by atoms with Gasteiger partial charge in [0.15, 0.2) is 6.10 Å². The van der Waals surface area contributed by atoms with Crippen molar-refractivity contribution in [2.45, 2.75) is 33.8 Å². The highest BCUT2D eigenvalue weighted by Gasteiger charge is 2.24. The number of hydrogen-bond donors (Lipinski definition) is 1. The Morgan fingerprint density at radius 3 is 2.32 bits per heavy atom. The number of halogens is 2. The van der Waals surface area contributed by atoms with Gasteiger partial charge in [-0.25, -0.2) is 9.18 Å². The van der Waals surface area contributed by atoms with Gasteiger partial charge in [0, 0.05) is 5.69 Å². The van der Waals surface area contributed by atoms with Crippen LogP contribution >= 0.6 is 11.6 Å². The Bertz CT molecular complexity index is 792. The Kier molecular flexibility index (Phi) is 5.80. The molecular weight excluding hydrogens is 345 g/mol. The summed E-state index contributed by atoms with van der Waals surface area (Å²) in [6.45, 7) is 7.14. The highest BCUT2D eigenvalue weighted by molar-refractivity contribution is 6.33. The normalized spacial score (nSPS) is 11.8. The van der Waals surface area contributed by atoms with Gasteiger partial charge in [-0.15, -0.1) is 0 Å². The van der Waals surface area contributed by atoms with Gasteiger partial charge < -0.3 is 10.1 Å². The molecule has 0 aliphatic rings. The number of esters is 1. The fraction of sp³-hybridized carbons (Fsp3) is 0.263. The first-order valence-electron chi connectivity index (χ1n) is 7.74. The number of benzene rings is 2. The van der Waals surface area contributed by atoms with E-state index in [1.54, 1.807) is 0 Å². The second kappa shape index (κ2) is 7.66. The van der Waals surface area contributed by atoms with Crippen molar-refractivity contribution < 1.29 is 18.7 Å². The fourth-order valence-electron chi connectivity index (χ4n) is 2.57. The molecule has 2 rings (SSSR count). The molecule has 132 valence electrons. The molecule has 1 atom stereocenters. The Labute approximate surface area is 150 Å². The van der Waals surface area contributed by atoms with Crippen LogP contribution in [0.3, 0.4) is 0 Å². The predicted molar refractivity (Wildman–Crippen MR) is 95.6 cm³/mol.